The van der Waals surface area contributed by atoms with Crippen molar-refractivity contribution in [1.82, 2.24) is 15.5 Å². The summed E-state index contributed by atoms with van der Waals surface area (Å²) in [5.41, 5.74) is -0.269. The van der Waals surface area contributed by atoms with Crippen LogP contribution in [-0.2, 0) is 5.54 Å². The molecule has 0 aliphatic rings. The maximum atomic E-state index is 5.24. The second-order valence-corrected chi connectivity index (χ2v) is 4.07. The van der Waals surface area contributed by atoms with Gasteiger partial charge < -0.3 is 14.7 Å². The largest absolute Gasteiger partial charge is 0.342 e. The number of anilines is 1. The Morgan fingerprint density at radius 1 is 1.40 bits per heavy atom. The summed E-state index contributed by atoms with van der Waals surface area (Å²) >= 11 is 0. The monoisotopic (exact) mass is 212 g/mol. The summed E-state index contributed by atoms with van der Waals surface area (Å²) in [5, 5.41) is 7.23. The molecule has 1 N–H and O–H groups in total. The van der Waals surface area contributed by atoms with E-state index >= 15 is 0 Å². The summed E-state index contributed by atoms with van der Waals surface area (Å²) in [7, 11) is 1.94. The Bertz CT molecular complexity index is 308. The van der Waals surface area contributed by atoms with Gasteiger partial charge in [-0.3, -0.25) is 0 Å². The van der Waals surface area contributed by atoms with Crippen molar-refractivity contribution < 1.29 is 4.52 Å². The van der Waals surface area contributed by atoms with Crippen LogP contribution in [-0.4, -0.2) is 30.3 Å². The minimum absolute atomic E-state index is 0.269. The summed E-state index contributed by atoms with van der Waals surface area (Å²) in [4.78, 5) is 6.30. The van der Waals surface area contributed by atoms with E-state index in [1.54, 1.807) is 0 Å². The quantitative estimate of drug-likeness (QED) is 0.799. The molecule has 0 spiro atoms. The van der Waals surface area contributed by atoms with Crippen LogP contribution in [0.1, 0.15) is 33.6 Å². The molecular weight excluding hydrogens is 192 g/mol. The Hall–Kier alpha value is -1.10. The summed E-state index contributed by atoms with van der Waals surface area (Å²) < 4.78 is 5.24. The SMILES string of the molecule is CCNC(C)(C)c1nc(N(C)CC)no1. The van der Waals surface area contributed by atoms with Crippen molar-refractivity contribution in [3.8, 4) is 0 Å². The van der Waals surface area contributed by atoms with Gasteiger partial charge in [0.1, 0.15) is 0 Å². The zero-order valence-corrected chi connectivity index (χ0v) is 10.2. The summed E-state index contributed by atoms with van der Waals surface area (Å²) in [6.45, 7) is 9.89. The standard InChI is InChI=1S/C10H20N4O/c1-6-11-10(3,4)8-12-9(13-15-8)14(5)7-2/h11H,6-7H2,1-5H3. The van der Waals surface area contributed by atoms with Crippen molar-refractivity contribution in [3.05, 3.63) is 5.89 Å². The number of nitrogens with zero attached hydrogens (tertiary/aromatic N) is 3. The number of rotatable bonds is 5. The molecule has 0 radical (unpaired) electrons. The van der Waals surface area contributed by atoms with Crippen molar-refractivity contribution in [2.45, 2.75) is 33.2 Å². The highest BCUT2D eigenvalue weighted by Gasteiger charge is 2.26. The van der Waals surface area contributed by atoms with Gasteiger partial charge in [-0.25, -0.2) is 0 Å². The zero-order valence-electron chi connectivity index (χ0n) is 10.2. The molecular formula is C10H20N4O. The Morgan fingerprint density at radius 3 is 2.60 bits per heavy atom. The van der Waals surface area contributed by atoms with Crippen LogP contribution in [0.25, 0.3) is 0 Å². The highest BCUT2D eigenvalue weighted by atomic mass is 16.5. The zero-order chi connectivity index (χ0) is 11.5. The van der Waals surface area contributed by atoms with Gasteiger partial charge in [0.15, 0.2) is 0 Å². The first-order chi connectivity index (χ1) is 7.01. The number of nitrogens with one attached hydrogen (secondary N) is 1. The molecule has 5 nitrogen and oxygen atoms in total. The van der Waals surface area contributed by atoms with E-state index in [1.807, 2.05) is 32.7 Å². The third-order valence-electron chi connectivity index (χ3n) is 2.38. The average Bonchev–Trinajstić information content (AvgIpc) is 2.66. The smallest absolute Gasteiger partial charge is 0.265 e. The number of hydrogen-bond acceptors (Lipinski definition) is 5. The maximum Gasteiger partial charge on any atom is 0.265 e. The van der Waals surface area contributed by atoms with E-state index in [4.69, 9.17) is 4.52 Å². The molecule has 15 heavy (non-hydrogen) atoms. The van der Waals surface area contributed by atoms with Gasteiger partial charge in [0, 0.05) is 13.6 Å². The van der Waals surface area contributed by atoms with Crippen molar-refractivity contribution in [2.24, 2.45) is 0 Å². The van der Waals surface area contributed by atoms with Gasteiger partial charge in [0.25, 0.3) is 5.95 Å². The van der Waals surface area contributed by atoms with E-state index in [2.05, 4.69) is 22.4 Å². The third kappa shape index (κ3) is 2.68. The number of hydrogen-bond donors (Lipinski definition) is 1. The van der Waals surface area contributed by atoms with Crippen LogP contribution < -0.4 is 10.2 Å². The molecule has 1 aromatic rings. The predicted octanol–water partition coefficient (Wildman–Crippen LogP) is 1.37. The van der Waals surface area contributed by atoms with Gasteiger partial charge in [-0.15, -0.1) is 0 Å². The Kier molecular flexibility index (Phi) is 3.68. The minimum Gasteiger partial charge on any atom is -0.342 e. The highest BCUT2D eigenvalue weighted by molar-refractivity contribution is 5.26. The van der Waals surface area contributed by atoms with Crippen LogP contribution in [0.5, 0.6) is 0 Å². The van der Waals surface area contributed by atoms with Crippen molar-refractivity contribution in [1.29, 1.82) is 0 Å². The molecule has 0 aromatic carbocycles. The summed E-state index contributed by atoms with van der Waals surface area (Å²) in [5.74, 6) is 1.26. The van der Waals surface area contributed by atoms with Crippen LogP contribution in [0, 0.1) is 0 Å². The van der Waals surface area contributed by atoms with Crippen LogP contribution in [0.3, 0.4) is 0 Å². The molecule has 0 atom stereocenters. The van der Waals surface area contributed by atoms with E-state index in [0.29, 0.717) is 11.8 Å². The first kappa shape index (κ1) is 12.0. The molecule has 1 aromatic heterocycles. The van der Waals surface area contributed by atoms with Gasteiger partial charge >= 0.3 is 0 Å². The second kappa shape index (κ2) is 4.61. The Balaban J connectivity index is 2.83. The van der Waals surface area contributed by atoms with Crippen LogP contribution in [0.15, 0.2) is 4.52 Å². The lowest BCUT2D eigenvalue weighted by Gasteiger charge is -2.20. The van der Waals surface area contributed by atoms with E-state index in [-0.39, 0.29) is 5.54 Å². The van der Waals surface area contributed by atoms with Gasteiger partial charge in [-0.1, -0.05) is 6.92 Å². The number of aromatic nitrogens is 2. The Morgan fingerprint density at radius 2 is 2.07 bits per heavy atom. The molecule has 1 rings (SSSR count). The van der Waals surface area contributed by atoms with E-state index < -0.39 is 0 Å². The van der Waals surface area contributed by atoms with Crippen LogP contribution in [0.2, 0.25) is 0 Å². The van der Waals surface area contributed by atoms with Crippen LogP contribution in [0.4, 0.5) is 5.95 Å². The van der Waals surface area contributed by atoms with Crippen molar-refractivity contribution in [2.75, 3.05) is 25.0 Å². The molecule has 0 aliphatic heterocycles. The molecule has 0 amide bonds. The van der Waals surface area contributed by atoms with Gasteiger partial charge in [-0.2, -0.15) is 4.98 Å². The fourth-order valence-electron chi connectivity index (χ4n) is 1.28. The molecule has 0 bridgehead atoms. The average molecular weight is 212 g/mol. The lowest BCUT2D eigenvalue weighted by Crippen LogP contribution is -2.36. The van der Waals surface area contributed by atoms with Crippen molar-refractivity contribution >= 4 is 5.95 Å². The molecule has 0 unspecified atom stereocenters. The van der Waals surface area contributed by atoms with Gasteiger partial charge in [0.05, 0.1) is 5.54 Å². The molecule has 0 saturated carbocycles. The van der Waals surface area contributed by atoms with Crippen LogP contribution >= 0.6 is 0 Å². The topological polar surface area (TPSA) is 54.2 Å². The predicted molar refractivity (Wildman–Crippen MR) is 59.9 cm³/mol. The summed E-state index contributed by atoms with van der Waals surface area (Å²) in [6.07, 6.45) is 0. The molecule has 86 valence electrons. The molecule has 5 heteroatoms. The fourth-order valence-corrected chi connectivity index (χ4v) is 1.28. The van der Waals surface area contributed by atoms with Gasteiger partial charge in [-0.05, 0) is 32.5 Å². The third-order valence-corrected chi connectivity index (χ3v) is 2.38. The molecule has 0 fully saturated rings. The lowest BCUT2D eigenvalue weighted by molar-refractivity contribution is 0.271. The Labute approximate surface area is 90.8 Å². The highest BCUT2D eigenvalue weighted by Crippen LogP contribution is 2.19. The minimum atomic E-state index is -0.269. The van der Waals surface area contributed by atoms with E-state index in [0.717, 1.165) is 13.1 Å². The first-order valence-electron chi connectivity index (χ1n) is 5.31. The molecule has 1 heterocycles. The normalized spacial score (nSPS) is 11.8. The van der Waals surface area contributed by atoms with E-state index in [1.165, 1.54) is 0 Å². The maximum absolute atomic E-state index is 5.24. The molecule has 0 aliphatic carbocycles. The van der Waals surface area contributed by atoms with E-state index in [9.17, 15) is 0 Å². The van der Waals surface area contributed by atoms with Gasteiger partial charge in [0.2, 0.25) is 5.89 Å². The fraction of sp³-hybridized carbons (Fsp3) is 0.800. The lowest BCUT2D eigenvalue weighted by atomic mass is 10.1. The second-order valence-electron chi connectivity index (χ2n) is 4.07. The summed E-state index contributed by atoms with van der Waals surface area (Å²) in [6, 6.07) is 0. The van der Waals surface area contributed by atoms with Crippen molar-refractivity contribution in [3.63, 3.8) is 0 Å². The first-order valence-corrected chi connectivity index (χ1v) is 5.31. The molecule has 0 saturated heterocycles.